The minimum absolute atomic E-state index is 0.0986. The highest BCUT2D eigenvalue weighted by molar-refractivity contribution is 7.99. The number of nitrogens with zero attached hydrogens (tertiary/aromatic N) is 1. The molecule has 3 rings (SSSR count). The molecule has 0 aromatic heterocycles. The average Bonchev–Trinajstić information content (AvgIpc) is 2.83. The van der Waals surface area contributed by atoms with E-state index >= 15 is 0 Å². The molecular formula is C26H26Cl2N2O2S. The molecule has 0 bridgehead atoms. The number of carbonyl (C=O) groups excluding carboxylic acids is 2. The van der Waals surface area contributed by atoms with Crippen LogP contribution in [-0.4, -0.2) is 35.6 Å². The van der Waals surface area contributed by atoms with Crippen LogP contribution in [0.1, 0.15) is 16.7 Å². The van der Waals surface area contributed by atoms with Crippen molar-refractivity contribution in [3.8, 4) is 0 Å². The molecule has 0 spiro atoms. The van der Waals surface area contributed by atoms with E-state index in [9.17, 15) is 9.59 Å². The van der Waals surface area contributed by atoms with Crippen molar-refractivity contribution >= 4 is 46.8 Å². The molecule has 0 heterocycles. The Morgan fingerprint density at radius 1 is 0.939 bits per heavy atom. The first-order valence-electron chi connectivity index (χ1n) is 10.6. The highest BCUT2D eigenvalue weighted by atomic mass is 35.5. The Balaban J connectivity index is 1.78. The van der Waals surface area contributed by atoms with Gasteiger partial charge in [-0.05, 0) is 28.8 Å². The normalized spacial score (nSPS) is 11.6. The zero-order chi connectivity index (χ0) is 23.6. The Morgan fingerprint density at radius 2 is 1.58 bits per heavy atom. The lowest BCUT2D eigenvalue weighted by atomic mass is 10.0. The predicted molar refractivity (Wildman–Crippen MR) is 138 cm³/mol. The Labute approximate surface area is 209 Å². The summed E-state index contributed by atoms with van der Waals surface area (Å²) in [5.41, 5.74) is 2.89. The fraction of sp³-hybridized carbons (Fsp3) is 0.231. The number of likely N-dealkylation sites (N-methyl/N-ethyl adjacent to an activating group) is 1. The van der Waals surface area contributed by atoms with Crippen LogP contribution in [0.15, 0.2) is 78.9 Å². The molecule has 0 aliphatic heterocycles. The average molecular weight is 501 g/mol. The van der Waals surface area contributed by atoms with Crippen molar-refractivity contribution < 1.29 is 9.59 Å². The molecule has 0 saturated carbocycles. The molecule has 1 atom stereocenters. The summed E-state index contributed by atoms with van der Waals surface area (Å²) in [4.78, 5) is 28.0. The van der Waals surface area contributed by atoms with E-state index < -0.39 is 6.04 Å². The van der Waals surface area contributed by atoms with E-state index in [2.05, 4.69) is 5.32 Å². The Morgan fingerprint density at radius 3 is 2.18 bits per heavy atom. The summed E-state index contributed by atoms with van der Waals surface area (Å²) in [6, 6.07) is 24.2. The molecule has 0 radical (unpaired) electrons. The lowest BCUT2D eigenvalue weighted by Gasteiger charge is -2.31. The molecule has 0 saturated heterocycles. The van der Waals surface area contributed by atoms with E-state index in [0.717, 1.165) is 16.7 Å². The van der Waals surface area contributed by atoms with Gasteiger partial charge in [0, 0.05) is 35.8 Å². The molecule has 2 amide bonds. The van der Waals surface area contributed by atoms with Gasteiger partial charge in [0.2, 0.25) is 11.8 Å². The number of amides is 2. The number of hydrogen-bond donors (Lipinski definition) is 1. The van der Waals surface area contributed by atoms with Crippen LogP contribution in [0.4, 0.5) is 0 Å². The second-order valence-corrected chi connectivity index (χ2v) is 9.38. The maximum atomic E-state index is 13.4. The van der Waals surface area contributed by atoms with E-state index in [4.69, 9.17) is 23.2 Å². The largest absolute Gasteiger partial charge is 0.357 e. The van der Waals surface area contributed by atoms with Crippen LogP contribution < -0.4 is 5.32 Å². The lowest BCUT2D eigenvalue weighted by Crippen LogP contribution is -2.50. The van der Waals surface area contributed by atoms with Gasteiger partial charge in [-0.2, -0.15) is 0 Å². The van der Waals surface area contributed by atoms with Gasteiger partial charge in [-0.25, -0.2) is 0 Å². The van der Waals surface area contributed by atoms with Crippen molar-refractivity contribution in [3.63, 3.8) is 0 Å². The molecule has 0 unspecified atom stereocenters. The van der Waals surface area contributed by atoms with Crippen LogP contribution in [0.25, 0.3) is 0 Å². The van der Waals surface area contributed by atoms with Gasteiger partial charge in [0.05, 0.1) is 5.75 Å². The van der Waals surface area contributed by atoms with Gasteiger partial charge in [0.15, 0.2) is 0 Å². The molecule has 4 nitrogen and oxygen atoms in total. The Kier molecular flexibility index (Phi) is 9.67. The van der Waals surface area contributed by atoms with Gasteiger partial charge in [-0.1, -0.05) is 89.9 Å². The van der Waals surface area contributed by atoms with Crippen LogP contribution in [0, 0.1) is 0 Å². The quantitative estimate of drug-likeness (QED) is 0.393. The van der Waals surface area contributed by atoms with Crippen molar-refractivity contribution in [1.82, 2.24) is 10.2 Å². The van der Waals surface area contributed by atoms with Crippen LogP contribution in [-0.2, 0) is 28.3 Å². The second kappa shape index (κ2) is 12.7. The first-order valence-corrected chi connectivity index (χ1v) is 12.5. The van der Waals surface area contributed by atoms with Crippen LogP contribution >= 0.6 is 35.0 Å². The van der Waals surface area contributed by atoms with E-state index in [-0.39, 0.29) is 17.6 Å². The number of thioether (sulfide) groups is 1. The van der Waals surface area contributed by atoms with E-state index in [1.807, 2.05) is 66.7 Å². The molecule has 3 aromatic rings. The van der Waals surface area contributed by atoms with Gasteiger partial charge in [0.1, 0.15) is 6.04 Å². The van der Waals surface area contributed by atoms with Crippen molar-refractivity contribution in [3.05, 3.63) is 106 Å². The third-order valence-corrected chi connectivity index (χ3v) is 6.76. The number of carbonyl (C=O) groups is 2. The van der Waals surface area contributed by atoms with Crippen molar-refractivity contribution in [1.29, 1.82) is 0 Å². The van der Waals surface area contributed by atoms with E-state index in [1.165, 1.54) is 11.8 Å². The lowest BCUT2D eigenvalue weighted by molar-refractivity contribution is -0.139. The minimum Gasteiger partial charge on any atom is -0.357 e. The number of rotatable bonds is 10. The summed E-state index contributed by atoms with van der Waals surface area (Å²) in [6.45, 7) is 0.354. The van der Waals surface area contributed by atoms with Crippen molar-refractivity contribution in [2.24, 2.45) is 0 Å². The molecule has 0 aliphatic carbocycles. The number of benzene rings is 3. The molecule has 3 aromatic carbocycles. The topological polar surface area (TPSA) is 49.4 Å². The first-order chi connectivity index (χ1) is 16.0. The third kappa shape index (κ3) is 7.53. The Hall–Kier alpha value is -2.47. The second-order valence-electron chi connectivity index (χ2n) is 7.56. The summed E-state index contributed by atoms with van der Waals surface area (Å²) in [5.74, 6) is 0.519. The maximum absolute atomic E-state index is 13.4. The molecule has 0 fully saturated rings. The molecule has 172 valence electrons. The summed E-state index contributed by atoms with van der Waals surface area (Å²) in [7, 11) is 1.60. The van der Waals surface area contributed by atoms with Crippen LogP contribution in [0.5, 0.6) is 0 Å². The van der Waals surface area contributed by atoms with Gasteiger partial charge < -0.3 is 10.2 Å². The number of nitrogens with one attached hydrogen (secondary N) is 1. The third-order valence-electron chi connectivity index (χ3n) is 5.21. The van der Waals surface area contributed by atoms with E-state index in [1.54, 1.807) is 24.1 Å². The zero-order valence-electron chi connectivity index (χ0n) is 18.3. The maximum Gasteiger partial charge on any atom is 0.242 e. The molecule has 0 aliphatic rings. The first kappa shape index (κ1) is 25.2. The van der Waals surface area contributed by atoms with Crippen LogP contribution in [0.3, 0.4) is 0 Å². The molecule has 7 heteroatoms. The van der Waals surface area contributed by atoms with Gasteiger partial charge in [-0.3, -0.25) is 9.59 Å². The number of halogens is 2. The molecule has 1 N–H and O–H groups in total. The fourth-order valence-electron chi connectivity index (χ4n) is 3.47. The van der Waals surface area contributed by atoms with E-state index in [0.29, 0.717) is 28.8 Å². The summed E-state index contributed by atoms with van der Waals surface area (Å²) in [6.07, 6.45) is 0.437. The summed E-state index contributed by atoms with van der Waals surface area (Å²) >= 11 is 13.7. The molecular weight excluding hydrogens is 475 g/mol. The zero-order valence-corrected chi connectivity index (χ0v) is 20.7. The summed E-state index contributed by atoms with van der Waals surface area (Å²) < 4.78 is 0. The minimum atomic E-state index is -0.621. The van der Waals surface area contributed by atoms with Crippen molar-refractivity contribution in [2.45, 2.75) is 24.8 Å². The highest BCUT2D eigenvalue weighted by Gasteiger charge is 2.29. The van der Waals surface area contributed by atoms with Gasteiger partial charge in [0.25, 0.3) is 0 Å². The smallest absolute Gasteiger partial charge is 0.242 e. The van der Waals surface area contributed by atoms with Gasteiger partial charge in [-0.15, -0.1) is 11.8 Å². The summed E-state index contributed by atoms with van der Waals surface area (Å²) in [5, 5.41) is 3.89. The highest BCUT2D eigenvalue weighted by Crippen LogP contribution is 2.25. The Bertz CT molecular complexity index is 1060. The fourth-order valence-corrected chi connectivity index (χ4v) is 4.94. The standard InChI is InChI=1S/C26H26Cl2N2O2S/c1-29-26(32)24(14-19-8-4-2-5-9-19)30(16-20-10-6-3-7-11-20)25(31)18-33-17-21-12-13-22(27)15-23(21)28/h2-13,15,24H,14,16-18H2,1H3,(H,29,32)/t24-/m0/s1. The van der Waals surface area contributed by atoms with Crippen molar-refractivity contribution in [2.75, 3.05) is 12.8 Å². The van der Waals surface area contributed by atoms with Crippen LogP contribution in [0.2, 0.25) is 10.0 Å². The molecule has 33 heavy (non-hydrogen) atoms. The SMILES string of the molecule is CNC(=O)[C@H](Cc1ccccc1)N(Cc1ccccc1)C(=O)CSCc1ccc(Cl)cc1Cl. The van der Waals surface area contributed by atoms with Gasteiger partial charge >= 0.3 is 0 Å². The monoisotopic (exact) mass is 500 g/mol. The number of hydrogen-bond acceptors (Lipinski definition) is 3. The predicted octanol–water partition coefficient (Wildman–Crippen LogP) is 5.61.